The summed E-state index contributed by atoms with van der Waals surface area (Å²) in [5.74, 6) is 1.17. The molecule has 0 saturated carbocycles. The van der Waals surface area contributed by atoms with Gasteiger partial charge in [-0.1, -0.05) is 36.1 Å². The highest BCUT2D eigenvalue weighted by molar-refractivity contribution is 9.10. The highest BCUT2D eigenvalue weighted by Gasteiger charge is 2.17. The highest BCUT2D eigenvalue weighted by atomic mass is 79.9. The van der Waals surface area contributed by atoms with Gasteiger partial charge >= 0.3 is 0 Å². The number of thioether (sulfide) groups is 1. The molecular formula is C15H15BrN6O2S2. The molecule has 8 nitrogen and oxygen atoms in total. The van der Waals surface area contributed by atoms with E-state index in [0.29, 0.717) is 33.1 Å². The topological polar surface area (TPSA) is 98.7 Å². The van der Waals surface area contributed by atoms with Crippen LogP contribution in [0.5, 0.6) is 0 Å². The largest absolute Gasteiger partial charge is 0.446 e. The molecule has 0 aliphatic heterocycles. The molecule has 0 saturated heterocycles. The van der Waals surface area contributed by atoms with Crippen LogP contribution in [0.1, 0.15) is 11.9 Å². The highest BCUT2D eigenvalue weighted by Crippen LogP contribution is 2.27. The fourth-order valence-corrected chi connectivity index (χ4v) is 3.79. The molecule has 3 aromatic rings. The minimum Gasteiger partial charge on any atom is -0.446 e. The van der Waals surface area contributed by atoms with Crippen molar-refractivity contribution in [3.05, 3.63) is 34.5 Å². The van der Waals surface area contributed by atoms with Crippen LogP contribution in [0.4, 0.5) is 5.13 Å². The Bertz CT molecular complexity index is 919. The van der Waals surface area contributed by atoms with Crippen LogP contribution < -0.4 is 5.32 Å². The normalized spacial score (nSPS) is 10.8. The molecule has 0 aliphatic carbocycles. The van der Waals surface area contributed by atoms with E-state index in [1.54, 1.807) is 18.2 Å². The second kappa shape index (κ2) is 8.60. The maximum Gasteiger partial charge on any atom is 0.236 e. The number of rotatable bonds is 8. The van der Waals surface area contributed by atoms with Crippen LogP contribution in [-0.2, 0) is 17.8 Å². The molecule has 0 radical (unpaired) electrons. The van der Waals surface area contributed by atoms with E-state index in [1.165, 1.54) is 23.1 Å². The van der Waals surface area contributed by atoms with Crippen molar-refractivity contribution >= 4 is 50.1 Å². The Balaban J connectivity index is 1.68. The summed E-state index contributed by atoms with van der Waals surface area (Å²) in [4.78, 5) is 12.1. The SMILES string of the molecule is C=CCn1c(SCC(=O)Nc2nnc(CC)s2)nnc1-c1ccc(Br)o1. The summed E-state index contributed by atoms with van der Waals surface area (Å²) in [5, 5.41) is 21.0. The Morgan fingerprint density at radius 3 is 2.92 bits per heavy atom. The molecule has 1 amide bonds. The summed E-state index contributed by atoms with van der Waals surface area (Å²) >= 11 is 5.93. The van der Waals surface area contributed by atoms with Gasteiger partial charge in [0.2, 0.25) is 16.9 Å². The number of amides is 1. The van der Waals surface area contributed by atoms with Gasteiger partial charge in [0, 0.05) is 6.54 Å². The number of nitrogens with one attached hydrogen (secondary N) is 1. The van der Waals surface area contributed by atoms with E-state index in [9.17, 15) is 4.79 Å². The lowest BCUT2D eigenvalue weighted by atomic mass is 10.4. The van der Waals surface area contributed by atoms with Crippen molar-refractivity contribution in [2.24, 2.45) is 0 Å². The molecule has 0 atom stereocenters. The molecule has 0 spiro atoms. The number of carbonyl (C=O) groups is 1. The van der Waals surface area contributed by atoms with Crippen LogP contribution in [0.2, 0.25) is 0 Å². The van der Waals surface area contributed by atoms with Crippen molar-refractivity contribution in [1.82, 2.24) is 25.0 Å². The van der Waals surface area contributed by atoms with Gasteiger partial charge in [0.15, 0.2) is 15.6 Å². The Kier molecular flexibility index (Phi) is 6.22. The second-order valence-corrected chi connectivity index (χ2v) is 7.79. The Morgan fingerprint density at radius 1 is 1.42 bits per heavy atom. The average molecular weight is 455 g/mol. The molecule has 0 aromatic carbocycles. The predicted octanol–water partition coefficient (Wildman–Crippen LogP) is 3.63. The van der Waals surface area contributed by atoms with E-state index in [2.05, 4.69) is 48.2 Å². The van der Waals surface area contributed by atoms with Crippen molar-refractivity contribution in [3.63, 3.8) is 0 Å². The zero-order chi connectivity index (χ0) is 18.5. The van der Waals surface area contributed by atoms with Crippen LogP contribution >= 0.6 is 39.0 Å². The van der Waals surface area contributed by atoms with E-state index >= 15 is 0 Å². The first kappa shape index (κ1) is 18.8. The molecule has 3 heterocycles. The number of hydrogen-bond donors (Lipinski definition) is 1. The fraction of sp³-hybridized carbons (Fsp3) is 0.267. The maximum atomic E-state index is 12.1. The van der Waals surface area contributed by atoms with Crippen LogP contribution in [0, 0.1) is 0 Å². The predicted molar refractivity (Wildman–Crippen MR) is 104 cm³/mol. The first-order valence-electron chi connectivity index (χ1n) is 7.65. The summed E-state index contributed by atoms with van der Waals surface area (Å²) < 4.78 is 8.00. The molecule has 3 rings (SSSR count). The Labute approximate surface area is 166 Å². The average Bonchev–Trinajstić information content (AvgIpc) is 3.34. The lowest BCUT2D eigenvalue weighted by Gasteiger charge is -2.06. The van der Waals surface area contributed by atoms with Gasteiger partial charge in [-0.3, -0.25) is 14.7 Å². The Morgan fingerprint density at radius 2 is 2.27 bits per heavy atom. The van der Waals surface area contributed by atoms with E-state index in [1.807, 2.05) is 11.5 Å². The molecular weight excluding hydrogens is 440 g/mol. The minimum absolute atomic E-state index is 0.177. The third kappa shape index (κ3) is 4.40. The standard InChI is InChI=1S/C15H15BrN6O2S2/c1-3-7-22-13(9-5-6-10(16)24-9)19-21-15(22)25-8-11(23)17-14-20-18-12(4-2)26-14/h3,5-6H,1,4,7-8H2,2H3,(H,17,20,23). The van der Waals surface area contributed by atoms with E-state index in [0.717, 1.165) is 11.4 Å². The van der Waals surface area contributed by atoms with E-state index in [-0.39, 0.29) is 11.7 Å². The zero-order valence-corrected chi connectivity index (χ0v) is 17.0. The van der Waals surface area contributed by atoms with Crippen LogP contribution in [0.15, 0.2) is 39.0 Å². The lowest BCUT2D eigenvalue weighted by molar-refractivity contribution is -0.113. The van der Waals surface area contributed by atoms with Gasteiger partial charge in [-0.15, -0.1) is 27.0 Å². The quantitative estimate of drug-likeness (QED) is 0.409. The molecule has 0 bridgehead atoms. The number of nitrogens with zero attached hydrogens (tertiary/aromatic N) is 5. The molecule has 1 N–H and O–H groups in total. The smallest absolute Gasteiger partial charge is 0.236 e. The summed E-state index contributed by atoms with van der Waals surface area (Å²) in [6.45, 7) is 6.25. The molecule has 0 fully saturated rings. The number of allylic oxidation sites excluding steroid dienone is 1. The van der Waals surface area contributed by atoms with Crippen LogP contribution in [0.25, 0.3) is 11.6 Å². The summed E-state index contributed by atoms with van der Waals surface area (Å²) in [7, 11) is 0. The van der Waals surface area contributed by atoms with Gasteiger partial charge < -0.3 is 4.42 Å². The number of furan rings is 1. The third-order valence-electron chi connectivity index (χ3n) is 3.17. The molecule has 0 unspecified atom stereocenters. The summed E-state index contributed by atoms with van der Waals surface area (Å²) in [5.41, 5.74) is 0. The number of aryl methyl sites for hydroxylation is 1. The van der Waals surface area contributed by atoms with Crippen molar-refractivity contribution in [2.45, 2.75) is 25.0 Å². The zero-order valence-electron chi connectivity index (χ0n) is 13.8. The summed E-state index contributed by atoms with van der Waals surface area (Å²) in [6.07, 6.45) is 2.53. The fourth-order valence-electron chi connectivity index (χ4n) is 2.04. The number of aromatic nitrogens is 5. The molecule has 0 aliphatic rings. The van der Waals surface area contributed by atoms with Crippen molar-refractivity contribution < 1.29 is 9.21 Å². The van der Waals surface area contributed by atoms with Crippen LogP contribution in [-0.4, -0.2) is 36.6 Å². The first-order valence-corrected chi connectivity index (χ1v) is 10.2. The number of hydrogen-bond acceptors (Lipinski definition) is 8. The molecule has 11 heteroatoms. The molecule has 136 valence electrons. The number of halogens is 1. The van der Waals surface area contributed by atoms with Crippen molar-refractivity contribution in [1.29, 1.82) is 0 Å². The van der Waals surface area contributed by atoms with E-state index < -0.39 is 0 Å². The summed E-state index contributed by atoms with van der Waals surface area (Å²) in [6, 6.07) is 3.59. The van der Waals surface area contributed by atoms with Crippen LogP contribution in [0.3, 0.4) is 0 Å². The first-order chi connectivity index (χ1) is 12.6. The van der Waals surface area contributed by atoms with Gasteiger partial charge in [-0.25, -0.2) is 0 Å². The second-order valence-electron chi connectivity index (χ2n) is 5.00. The third-order valence-corrected chi connectivity index (χ3v) is 5.55. The molecule has 3 aromatic heterocycles. The maximum absolute atomic E-state index is 12.1. The lowest BCUT2D eigenvalue weighted by Crippen LogP contribution is -2.14. The van der Waals surface area contributed by atoms with Gasteiger partial charge in [0.25, 0.3) is 0 Å². The number of carbonyl (C=O) groups excluding carboxylic acids is 1. The van der Waals surface area contributed by atoms with Gasteiger partial charge in [-0.2, -0.15) is 0 Å². The van der Waals surface area contributed by atoms with Crippen molar-refractivity contribution in [2.75, 3.05) is 11.1 Å². The van der Waals surface area contributed by atoms with Gasteiger partial charge in [0.05, 0.1) is 5.75 Å². The number of anilines is 1. The van der Waals surface area contributed by atoms with Gasteiger partial charge in [-0.05, 0) is 34.5 Å². The van der Waals surface area contributed by atoms with E-state index in [4.69, 9.17) is 4.42 Å². The minimum atomic E-state index is -0.177. The molecule has 26 heavy (non-hydrogen) atoms. The van der Waals surface area contributed by atoms with Gasteiger partial charge in [0.1, 0.15) is 5.01 Å². The van der Waals surface area contributed by atoms with Crippen molar-refractivity contribution in [3.8, 4) is 11.6 Å². The monoisotopic (exact) mass is 454 g/mol. The Hall–Kier alpha value is -1.98.